The first-order valence-corrected chi connectivity index (χ1v) is 5.88. The number of hydrogen-bond donors (Lipinski definition) is 1. The summed E-state index contributed by atoms with van der Waals surface area (Å²) in [7, 11) is 0. The number of furan rings is 1. The molecule has 0 aromatic carbocycles. The van der Waals surface area contributed by atoms with E-state index < -0.39 is 4.92 Å². The first-order chi connectivity index (χ1) is 8.22. The van der Waals surface area contributed by atoms with E-state index in [9.17, 15) is 10.1 Å². The van der Waals surface area contributed by atoms with E-state index in [1.165, 1.54) is 11.6 Å². The summed E-state index contributed by atoms with van der Waals surface area (Å²) in [6.07, 6.45) is 5.47. The number of nitrogens with zero attached hydrogens (tertiary/aromatic N) is 1. The summed E-state index contributed by atoms with van der Waals surface area (Å²) in [6, 6.07) is 3.08. The van der Waals surface area contributed by atoms with Gasteiger partial charge in [-0.05, 0) is 37.4 Å². The minimum absolute atomic E-state index is 0.0174. The van der Waals surface area contributed by atoms with Gasteiger partial charge in [0, 0.05) is 0 Å². The third kappa shape index (κ3) is 2.55. The lowest BCUT2D eigenvalue weighted by Gasteiger charge is -2.16. The summed E-state index contributed by atoms with van der Waals surface area (Å²) in [4.78, 5) is 10.1. The van der Waals surface area contributed by atoms with Gasteiger partial charge in [0.25, 0.3) is 0 Å². The fourth-order valence-electron chi connectivity index (χ4n) is 2.17. The van der Waals surface area contributed by atoms with Gasteiger partial charge < -0.3 is 9.73 Å². The Morgan fingerprint density at radius 3 is 2.94 bits per heavy atom. The van der Waals surface area contributed by atoms with Gasteiger partial charge in [-0.15, -0.1) is 0 Å². The summed E-state index contributed by atoms with van der Waals surface area (Å²) < 4.78 is 5.27. The highest BCUT2D eigenvalue weighted by molar-refractivity contribution is 5.27. The van der Waals surface area contributed by atoms with Crippen molar-refractivity contribution in [2.45, 2.75) is 32.2 Å². The molecular formula is C12H16N2O3. The van der Waals surface area contributed by atoms with Gasteiger partial charge >= 0.3 is 5.88 Å². The van der Waals surface area contributed by atoms with Gasteiger partial charge in [0.15, 0.2) is 0 Å². The standard InChI is InChI=1S/C12H16N2O3/c1-2-13-12(9-5-3-4-6-9)10-7-8-11(17-10)14(15)16/h5,7-8,12-13H,2-4,6H2,1H3. The number of nitro groups is 1. The van der Waals surface area contributed by atoms with Crippen molar-refractivity contribution in [3.63, 3.8) is 0 Å². The van der Waals surface area contributed by atoms with Gasteiger partial charge in [0.1, 0.15) is 10.7 Å². The monoisotopic (exact) mass is 236 g/mol. The van der Waals surface area contributed by atoms with E-state index in [4.69, 9.17) is 4.42 Å². The third-order valence-electron chi connectivity index (χ3n) is 2.93. The van der Waals surface area contributed by atoms with E-state index in [-0.39, 0.29) is 11.9 Å². The molecule has 1 atom stereocenters. The Bertz CT molecular complexity index is 437. The van der Waals surface area contributed by atoms with Gasteiger partial charge in [0.05, 0.1) is 12.1 Å². The number of rotatable bonds is 5. The van der Waals surface area contributed by atoms with E-state index in [0.29, 0.717) is 5.76 Å². The summed E-state index contributed by atoms with van der Waals surface area (Å²) in [5.74, 6) is 0.438. The van der Waals surface area contributed by atoms with Crippen molar-refractivity contribution in [1.29, 1.82) is 0 Å². The summed E-state index contributed by atoms with van der Waals surface area (Å²) >= 11 is 0. The molecule has 1 unspecified atom stereocenters. The molecule has 0 saturated heterocycles. The number of allylic oxidation sites excluding steroid dienone is 1. The predicted molar refractivity (Wildman–Crippen MR) is 63.7 cm³/mol. The molecule has 2 rings (SSSR count). The molecule has 0 bridgehead atoms. The molecule has 0 saturated carbocycles. The van der Waals surface area contributed by atoms with Crippen LogP contribution < -0.4 is 5.32 Å². The molecule has 0 fully saturated rings. The summed E-state index contributed by atoms with van der Waals surface area (Å²) in [6.45, 7) is 2.82. The van der Waals surface area contributed by atoms with Crippen LogP contribution in [0.15, 0.2) is 28.2 Å². The summed E-state index contributed by atoms with van der Waals surface area (Å²) in [5.41, 5.74) is 1.27. The molecular weight excluding hydrogens is 220 g/mol. The van der Waals surface area contributed by atoms with Crippen molar-refractivity contribution in [3.8, 4) is 0 Å². The van der Waals surface area contributed by atoms with Crippen LogP contribution in [0.4, 0.5) is 5.88 Å². The second-order valence-electron chi connectivity index (χ2n) is 4.10. The lowest BCUT2D eigenvalue weighted by atomic mass is 10.0. The van der Waals surface area contributed by atoms with Gasteiger partial charge in [0.2, 0.25) is 0 Å². The van der Waals surface area contributed by atoms with Gasteiger partial charge in [-0.25, -0.2) is 0 Å². The second-order valence-corrected chi connectivity index (χ2v) is 4.10. The Labute approximate surface area is 99.7 Å². The van der Waals surface area contributed by atoms with Crippen LogP contribution in [-0.4, -0.2) is 11.5 Å². The highest BCUT2D eigenvalue weighted by Crippen LogP contribution is 2.32. The second kappa shape index (κ2) is 5.14. The van der Waals surface area contributed by atoms with Crippen LogP contribution in [0, 0.1) is 10.1 Å². The fraction of sp³-hybridized carbons (Fsp3) is 0.500. The molecule has 0 amide bonds. The van der Waals surface area contributed by atoms with Crippen molar-refractivity contribution in [1.82, 2.24) is 5.32 Å². The van der Waals surface area contributed by atoms with Crippen molar-refractivity contribution >= 4 is 5.88 Å². The quantitative estimate of drug-likeness (QED) is 0.485. The van der Waals surface area contributed by atoms with E-state index in [1.807, 2.05) is 6.92 Å². The zero-order valence-electron chi connectivity index (χ0n) is 9.81. The van der Waals surface area contributed by atoms with Crippen LogP contribution in [0.3, 0.4) is 0 Å². The minimum atomic E-state index is -0.504. The first kappa shape index (κ1) is 11.9. The number of likely N-dealkylation sites (N-methyl/N-ethyl adjacent to an activating group) is 1. The third-order valence-corrected chi connectivity index (χ3v) is 2.93. The Balaban J connectivity index is 2.22. The van der Waals surface area contributed by atoms with Crippen molar-refractivity contribution in [2.75, 3.05) is 6.54 Å². The minimum Gasteiger partial charge on any atom is -0.404 e. The number of hydrogen-bond acceptors (Lipinski definition) is 4. The van der Waals surface area contributed by atoms with Crippen LogP contribution in [-0.2, 0) is 0 Å². The summed E-state index contributed by atoms with van der Waals surface area (Å²) in [5, 5.41) is 13.9. The molecule has 0 radical (unpaired) electrons. The van der Waals surface area contributed by atoms with Crippen molar-refractivity contribution in [2.24, 2.45) is 0 Å². The molecule has 1 aromatic rings. The zero-order chi connectivity index (χ0) is 12.3. The Kier molecular flexibility index (Phi) is 3.58. The largest absolute Gasteiger partial charge is 0.433 e. The maximum absolute atomic E-state index is 10.6. The Morgan fingerprint density at radius 1 is 1.59 bits per heavy atom. The van der Waals surface area contributed by atoms with Crippen molar-refractivity contribution in [3.05, 3.63) is 39.7 Å². The molecule has 1 aliphatic carbocycles. The molecule has 0 spiro atoms. The predicted octanol–water partition coefficient (Wildman–Crippen LogP) is 2.95. The van der Waals surface area contributed by atoms with E-state index >= 15 is 0 Å². The Morgan fingerprint density at radius 2 is 2.41 bits per heavy atom. The first-order valence-electron chi connectivity index (χ1n) is 5.88. The maximum Gasteiger partial charge on any atom is 0.433 e. The highest BCUT2D eigenvalue weighted by Gasteiger charge is 2.23. The zero-order valence-corrected chi connectivity index (χ0v) is 9.81. The molecule has 1 aliphatic rings. The van der Waals surface area contributed by atoms with Gasteiger partial charge in [-0.1, -0.05) is 13.0 Å². The van der Waals surface area contributed by atoms with Gasteiger partial charge in [-0.2, -0.15) is 0 Å². The molecule has 17 heavy (non-hydrogen) atoms. The molecule has 1 heterocycles. The van der Waals surface area contributed by atoms with Crippen LogP contribution in [0.2, 0.25) is 0 Å². The van der Waals surface area contributed by atoms with Crippen LogP contribution in [0.5, 0.6) is 0 Å². The van der Waals surface area contributed by atoms with E-state index in [0.717, 1.165) is 25.8 Å². The van der Waals surface area contributed by atoms with E-state index in [1.54, 1.807) is 6.07 Å². The Hall–Kier alpha value is -1.62. The smallest absolute Gasteiger partial charge is 0.404 e. The van der Waals surface area contributed by atoms with Crippen LogP contribution in [0.25, 0.3) is 0 Å². The highest BCUT2D eigenvalue weighted by atomic mass is 16.6. The molecule has 1 aromatic heterocycles. The molecule has 92 valence electrons. The fourth-order valence-corrected chi connectivity index (χ4v) is 2.17. The lowest BCUT2D eigenvalue weighted by molar-refractivity contribution is -0.402. The maximum atomic E-state index is 10.6. The van der Waals surface area contributed by atoms with Crippen molar-refractivity contribution < 1.29 is 9.34 Å². The molecule has 1 N–H and O–H groups in total. The average molecular weight is 236 g/mol. The number of nitrogens with one attached hydrogen (secondary N) is 1. The lowest BCUT2D eigenvalue weighted by Crippen LogP contribution is -2.21. The molecule has 0 aliphatic heterocycles. The molecule has 5 heteroatoms. The van der Waals surface area contributed by atoms with Crippen LogP contribution in [0.1, 0.15) is 38.0 Å². The van der Waals surface area contributed by atoms with Crippen LogP contribution >= 0.6 is 0 Å². The topological polar surface area (TPSA) is 68.3 Å². The average Bonchev–Trinajstić information content (AvgIpc) is 2.97. The molecule has 5 nitrogen and oxygen atoms in total. The normalized spacial score (nSPS) is 16.9. The van der Waals surface area contributed by atoms with E-state index in [2.05, 4.69) is 11.4 Å². The van der Waals surface area contributed by atoms with Gasteiger partial charge in [-0.3, -0.25) is 10.1 Å². The SMILES string of the molecule is CCNC(C1=CCCC1)c1ccc([N+](=O)[O-])o1.